The molecule has 2 aliphatic heterocycles. The van der Waals surface area contributed by atoms with Crippen LogP contribution in [0.4, 0.5) is 0 Å². The van der Waals surface area contributed by atoms with Gasteiger partial charge in [-0.15, -0.1) is 11.8 Å². The number of carbonyl (C=O) groups excluding carboxylic acids is 2. The Hall–Kier alpha value is -2.67. The number of hydrogen-bond donors (Lipinski definition) is 1. The molecule has 6 nitrogen and oxygen atoms in total. The molecule has 2 amide bonds. The van der Waals surface area contributed by atoms with Gasteiger partial charge in [0.05, 0.1) is 19.8 Å². The van der Waals surface area contributed by atoms with Crippen LogP contribution in [-0.4, -0.2) is 41.7 Å². The third-order valence-electron chi connectivity index (χ3n) is 5.73. The number of thioether (sulfide) groups is 1. The number of rotatable bonds is 5. The zero-order chi connectivity index (χ0) is 21.6. The van der Waals surface area contributed by atoms with Crippen molar-refractivity contribution in [3.63, 3.8) is 0 Å². The molecular weight excluding hydrogens is 400 g/mol. The Morgan fingerprint density at radius 3 is 2.47 bits per heavy atom. The van der Waals surface area contributed by atoms with Crippen molar-refractivity contribution < 1.29 is 19.1 Å². The maximum Gasteiger partial charge on any atom is 0.260 e. The molecule has 2 heterocycles. The van der Waals surface area contributed by atoms with Crippen LogP contribution in [0.15, 0.2) is 36.4 Å². The van der Waals surface area contributed by atoms with Gasteiger partial charge in [0.15, 0.2) is 11.5 Å². The van der Waals surface area contributed by atoms with E-state index in [1.807, 2.05) is 57.2 Å². The van der Waals surface area contributed by atoms with Crippen LogP contribution in [0, 0.1) is 6.92 Å². The van der Waals surface area contributed by atoms with E-state index in [2.05, 4.69) is 5.32 Å². The maximum atomic E-state index is 13.4. The third-order valence-corrected chi connectivity index (χ3v) is 7.27. The Morgan fingerprint density at radius 2 is 1.83 bits per heavy atom. The molecule has 0 bridgehead atoms. The molecule has 0 aliphatic carbocycles. The second-order valence-electron chi connectivity index (χ2n) is 8.16. The van der Waals surface area contributed by atoms with Gasteiger partial charge in [0.2, 0.25) is 5.91 Å². The summed E-state index contributed by atoms with van der Waals surface area (Å²) in [7, 11) is 3.07. The van der Waals surface area contributed by atoms with Gasteiger partial charge in [-0.1, -0.05) is 35.9 Å². The molecule has 2 atom stereocenters. The number of methoxy groups -OCH3 is 2. The monoisotopic (exact) mass is 426 g/mol. The SMILES string of the molecule is COc1ccc2c(c1OC)C(=O)N1C2SC(C)(C)C1C(=O)NCc1ccc(C)cc1. The van der Waals surface area contributed by atoms with Crippen LogP contribution in [0.5, 0.6) is 11.5 Å². The first-order chi connectivity index (χ1) is 14.3. The molecule has 7 heteroatoms. The third kappa shape index (κ3) is 3.21. The molecule has 1 fully saturated rings. The number of hydrogen-bond acceptors (Lipinski definition) is 5. The molecule has 2 aromatic rings. The summed E-state index contributed by atoms with van der Waals surface area (Å²) < 4.78 is 10.4. The van der Waals surface area contributed by atoms with Crippen molar-refractivity contribution in [2.45, 2.75) is 43.5 Å². The Labute approximate surface area is 180 Å². The van der Waals surface area contributed by atoms with Crippen molar-refractivity contribution >= 4 is 23.6 Å². The lowest BCUT2D eigenvalue weighted by Gasteiger charge is -2.29. The van der Waals surface area contributed by atoms with Gasteiger partial charge in [-0.3, -0.25) is 9.59 Å². The first-order valence-electron chi connectivity index (χ1n) is 9.87. The van der Waals surface area contributed by atoms with Crippen LogP contribution in [0.3, 0.4) is 0 Å². The van der Waals surface area contributed by atoms with Crippen LogP contribution in [-0.2, 0) is 11.3 Å². The van der Waals surface area contributed by atoms with E-state index in [1.165, 1.54) is 12.7 Å². The summed E-state index contributed by atoms with van der Waals surface area (Å²) >= 11 is 1.63. The molecule has 1 saturated heterocycles. The van der Waals surface area contributed by atoms with Crippen molar-refractivity contribution in [3.05, 3.63) is 58.7 Å². The maximum absolute atomic E-state index is 13.4. The van der Waals surface area contributed by atoms with Gasteiger partial charge in [0.1, 0.15) is 11.4 Å². The normalized spacial score (nSPS) is 21.2. The highest BCUT2D eigenvalue weighted by molar-refractivity contribution is 8.01. The highest BCUT2D eigenvalue weighted by Crippen LogP contribution is 2.58. The average molecular weight is 427 g/mol. The van der Waals surface area contributed by atoms with Gasteiger partial charge in [0.25, 0.3) is 5.91 Å². The minimum absolute atomic E-state index is 0.150. The topological polar surface area (TPSA) is 67.9 Å². The van der Waals surface area contributed by atoms with E-state index < -0.39 is 10.8 Å². The summed E-state index contributed by atoms with van der Waals surface area (Å²) in [5, 5.41) is 2.80. The number of carbonyl (C=O) groups is 2. The molecule has 2 aliphatic rings. The molecule has 0 radical (unpaired) electrons. The van der Waals surface area contributed by atoms with E-state index in [0.29, 0.717) is 23.6 Å². The van der Waals surface area contributed by atoms with E-state index in [4.69, 9.17) is 9.47 Å². The van der Waals surface area contributed by atoms with Gasteiger partial charge in [0, 0.05) is 16.9 Å². The molecule has 0 spiro atoms. The Kier molecular flexibility index (Phi) is 5.18. The van der Waals surface area contributed by atoms with Crippen LogP contribution in [0.2, 0.25) is 0 Å². The largest absolute Gasteiger partial charge is 0.493 e. The van der Waals surface area contributed by atoms with E-state index in [9.17, 15) is 9.59 Å². The van der Waals surface area contributed by atoms with E-state index >= 15 is 0 Å². The van der Waals surface area contributed by atoms with E-state index in [-0.39, 0.29) is 17.2 Å². The van der Waals surface area contributed by atoms with E-state index in [1.54, 1.807) is 23.8 Å². The molecule has 0 saturated carbocycles. The predicted molar refractivity (Wildman–Crippen MR) is 117 cm³/mol. The summed E-state index contributed by atoms with van der Waals surface area (Å²) in [4.78, 5) is 28.4. The number of benzene rings is 2. The minimum Gasteiger partial charge on any atom is -0.493 e. The highest BCUT2D eigenvalue weighted by atomic mass is 32.2. The lowest BCUT2D eigenvalue weighted by molar-refractivity contribution is -0.126. The molecule has 0 aromatic heterocycles. The van der Waals surface area contributed by atoms with Crippen LogP contribution in [0.1, 0.15) is 46.3 Å². The van der Waals surface area contributed by atoms with Crippen molar-refractivity contribution in [2.75, 3.05) is 14.2 Å². The highest BCUT2D eigenvalue weighted by Gasteiger charge is 2.58. The first-order valence-corrected chi connectivity index (χ1v) is 10.7. The number of amides is 2. The molecule has 30 heavy (non-hydrogen) atoms. The second kappa shape index (κ2) is 7.54. The quantitative estimate of drug-likeness (QED) is 0.790. The standard InChI is InChI=1S/C23H26N2O4S/c1-13-6-8-14(9-7-13)12-24-20(26)19-23(2,3)30-22-15-10-11-16(28-4)18(29-5)17(15)21(27)25(19)22/h6-11,19,22H,12H2,1-5H3,(H,24,26). The van der Waals surface area contributed by atoms with Gasteiger partial charge in [-0.25, -0.2) is 0 Å². The van der Waals surface area contributed by atoms with Crippen molar-refractivity contribution in [1.29, 1.82) is 0 Å². The van der Waals surface area contributed by atoms with E-state index in [0.717, 1.165) is 11.1 Å². The van der Waals surface area contributed by atoms with Gasteiger partial charge >= 0.3 is 0 Å². The number of aryl methyl sites for hydroxylation is 1. The zero-order valence-electron chi connectivity index (χ0n) is 17.8. The van der Waals surface area contributed by atoms with Crippen LogP contribution >= 0.6 is 11.8 Å². The molecular formula is C23H26N2O4S. The fourth-order valence-corrected chi connectivity index (χ4v) is 5.83. The lowest BCUT2D eigenvalue weighted by Crippen LogP contribution is -2.52. The van der Waals surface area contributed by atoms with Crippen molar-refractivity contribution in [2.24, 2.45) is 0 Å². The smallest absolute Gasteiger partial charge is 0.260 e. The predicted octanol–water partition coefficient (Wildman–Crippen LogP) is 3.68. The summed E-state index contributed by atoms with van der Waals surface area (Å²) in [6, 6.07) is 11.2. The summed E-state index contributed by atoms with van der Waals surface area (Å²) in [6.45, 7) is 6.48. The van der Waals surface area contributed by atoms with Gasteiger partial charge < -0.3 is 19.7 Å². The molecule has 4 rings (SSSR count). The van der Waals surface area contributed by atoms with Crippen LogP contribution < -0.4 is 14.8 Å². The molecule has 2 unspecified atom stereocenters. The summed E-state index contributed by atoms with van der Waals surface area (Å²) in [5.41, 5.74) is 3.55. The zero-order valence-corrected chi connectivity index (χ0v) is 18.6. The molecule has 158 valence electrons. The Balaban J connectivity index is 1.63. The summed E-state index contributed by atoms with van der Waals surface area (Å²) in [6.07, 6.45) is 0. The van der Waals surface area contributed by atoms with Crippen LogP contribution in [0.25, 0.3) is 0 Å². The lowest BCUT2D eigenvalue weighted by atomic mass is 10.0. The number of ether oxygens (including phenoxy) is 2. The number of nitrogens with one attached hydrogen (secondary N) is 1. The fraction of sp³-hybridized carbons (Fsp3) is 0.391. The first kappa shape index (κ1) is 20.6. The van der Waals surface area contributed by atoms with Crippen molar-refractivity contribution in [1.82, 2.24) is 10.2 Å². The molecule has 2 aromatic carbocycles. The average Bonchev–Trinajstić information content (AvgIpc) is 3.15. The molecule has 1 N–H and O–H groups in total. The fourth-order valence-electron chi connectivity index (χ4n) is 4.25. The van der Waals surface area contributed by atoms with Crippen molar-refractivity contribution in [3.8, 4) is 11.5 Å². The second-order valence-corrected chi connectivity index (χ2v) is 9.89. The minimum atomic E-state index is -0.589. The summed E-state index contributed by atoms with van der Waals surface area (Å²) in [5.74, 6) is 0.587. The Morgan fingerprint density at radius 1 is 1.13 bits per heavy atom. The Bertz CT molecular complexity index is 1000. The van der Waals surface area contributed by atoms with Gasteiger partial charge in [-0.2, -0.15) is 0 Å². The number of nitrogens with zero attached hydrogens (tertiary/aromatic N) is 1. The number of fused-ring (bicyclic) bond motifs is 3. The van der Waals surface area contributed by atoms with Gasteiger partial charge in [-0.05, 0) is 32.4 Å².